The van der Waals surface area contributed by atoms with Gasteiger partial charge in [-0.15, -0.1) is 0 Å². The summed E-state index contributed by atoms with van der Waals surface area (Å²) in [6, 6.07) is 0. The summed E-state index contributed by atoms with van der Waals surface area (Å²) in [5, 5.41) is 2.82. The van der Waals surface area contributed by atoms with Crippen LogP contribution in [0.2, 0.25) is 0 Å². The van der Waals surface area contributed by atoms with Crippen LogP contribution in [-0.4, -0.2) is 29.2 Å². The lowest BCUT2D eigenvalue weighted by Crippen LogP contribution is -2.37. The third-order valence-corrected chi connectivity index (χ3v) is 6.08. The highest BCUT2D eigenvalue weighted by molar-refractivity contribution is 7.90. The minimum Gasteiger partial charge on any atom is -0.294 e. The van der Waals surface area contributed by atoms with Crippen LogP contribution in [0.1, 0.15) is 69.0 Å². The van der Waals surface area contributed by atoms with E-state index in [-0.39, 0.29) is 18.5 Å². The molecule has 25 heavy (non-hydrogen) atoms. The van der Waals surface area contributed by atoms with E-state index in [1.54, 1.807) is 13.8 Å². The average molecular weight is 381 g/mol. The first-order valence-corrected chi connectivity index (χ1v) is 9.43. The molecule has 10 heteroatoms. The molecule has 1 heterocycles. The van der Waals surface area contributed by atoms with Crippen LogP contribution in [0, 0.1) is 5.41 Å². The Morgan fingerprint density at radius 3 is 2.24 bits per heavy atom. The van der Waals surface area contributed by atoms with Gasteiger partial charge in [0.05, 0.1) is 16.5 Å². The lowest BCUT2D eigenvalue weighted by atomic mass is 9.75. The topological polar surface area (TPSA) is 81.1 Å². The molecule has 1 aromatic heterocycles. The van der Waals surface area contributed by atoms with Gasteiger partial charge in [-0.1, -0.05) is 13.8 Å². The molecule has 1 aromatic rings. The number of halogens is 3. The minimum atomic E-state index is -4.79. The van der Waals surface area contributed by atoms with Gasteiger partial charge in [-0.3, -0.25) is 9.48 Å². The molecule has 1 unspecified atom stereocenters. The van der Waals surface area contributed by atoms with Crippen molar-refractivity contribution in [3.8, 4) is 0 Å². The molecule has 1 N–H and O–H groups in total. The van der Waals surface area contributed by atoms with Gasteiger partial charge in [0, 0.05) is 6.42 Å². The fourth-order valence-corrected chi connectivity index (χ4v) is 3.76. The number of hydrogen-bond acceptors (Lipinski definition) is 4. The molecule has 0 radical (unpaired) electrons. The number of nitrogens with zero attached hydrogens (tertiary/aromatic N) is 2. The molecule has 0 saturated heterocycles. The third-order valence-electron chi connectivity index (χ3n) is 4.16. The largest absolute Gasteiger partial charge is 0.435 e. The fourth-order valence-electron chi connectivity index (χ4n) is 2.91. The number of carbonyl (C=O) groups excluding carboxylic acids is 1. The van der Waals surface area contributed by atoms with Crippen molar-refractivity contribution in [2.45, 2.75) is 65.1 Å². The number of nitrogens with one attached hydrogen (secondary N) is 1. The molecule has 0 amide bonds. The normalized spacial score (nSPS) is 19.2. The summed E-state index contributed by atoms with van der Waals surface area (Å²) in [6.07, 6.45) is -5.64. The van der Waals surface area contributed by atoms with Gasteiger partial charge in [0.25, 0.3) is 0 Å². The molecule has 0 fully saturated rings. The fraction of sp³-hybridized carbons (Fsp3) is 0.733. The van der Waals surface area contributed by atoms with E-state index in [1.807, 2.05) is 0 Å². The maximum atomic E-state index is 13.3. The number of Topliss-reactive ketones (excluding diaryl/α,β-unsaturated/α-hetero) is 1. The molecule has 0 spiro atoms. The average Bonchev–Trinajstić information content (AvgIpc) is 2.75. The molecule has 0 aromatic carbocycles. The molecular formula is C15H22F3N3O3S. The monoisotopic (exact) mass is 381 g/mol. The zero-order valence-electron chi connectivity index (χ0n) is 14.7. The minimum absolute atomic E-state index is 0.0130. The van der Waals surface area contributed by atoms with Crippen molar-refractivity contribution < 1.29 is 26.4 Å². The molecule has 142 valence electrons. The Balaban J connectivity index is 2.58. The van der Waals surface area contributed by atoms with E-state index in [0.717, 1.165) is 4.68 Å². The molecule has 1 aliphatic carbocycles. The predicted octanol–water partition coefficient (Wildman–Crippen LogP) is 2.90. The van der Waals surface area contributed by atoms with Gasteiger partial charge < -0.3 is 0 Å². The number of carbonyl (C=O) groups is 1. The number of alkyl halides is 3. The van der Waals surface area contributed by atoms with Crippen LogP contribution >= 0.6 is 0 Å². The summed E-state index contributed by atoms with van der Waals surface area (Å²) in [4.78, 5) is 12.3. The highest BCUT2D eigenvalue weighted by atomic mass is 32.2. The van der Waals surface area contributed by atoms with Crippen molar-refractivity contribution in [2.24, 2.45) is 5.41 Å². The zero-order valence-corrected chi connectivity index (χ0v) is 15.5. The molecule has 1 atom stereocenters. The molecule has 6 nitrogen and oxygen atoms in total. The first-order chi connectivity index (χ1) is 11.2. The first-order valence-electron chi connectivity index (χ1n) is 7.88. The highest BCUT2D eigenvalue weighted by Gasteiger charge is 2.45. The van der Waals surface area contributed by atoms with Crippen molar-refractivity contribution in [3.05, 3.63) is 17.0 Å². The summed E-state index contributed by atoms with van der Waals surface area (Å²) in [5.74, 6) is -0.622. The summed E-state index contributed by atoms with van der Waals surface area (Å²) >= 11 is 0. The van der Waals surface area contributed by atoms with Crippen molar-refractivity contribution in [2.75, 3.05) is 0 Å². The molecule has 2 rings (SSSR count). The van der Waals surface area contributed by atoms with E-state index >= 15 is 0 Å². The number of aromatic nitrogens is 2. The predicted molar refractivity (Wildman–Crippen MR) is 85.6 cm³/mol. The van der Waals surface area contributed by atoms with Gasteiger partial charge in [0.15, 0.2) is 11.5 Å². The van der Waals surface area contributed by atoms with Crippen LogP contribution in [0.5, 0.6) is 0 Å². The van der Waals surface area contributed by atoms with E-state index < -0.39 is 50.1 Å². The second kappa shape index (κ2) is 6.08. The number of rotatable bonds is 4. The Morgan fingerprint density at radius 1 is 1.20 bits per heavy atom. The number of ketones is 1. The lowest BCUT2D eigenvalue weighted by molar-refractivity contribution is -0.141. The van der Waals surface area contributed by atoms with Crippen LogP contribution < -0.4 is 4.72 Å². The van der Waals surface area contributed by atoms with Gasteiger partial charge in [-0.05, 0) is 32.6 Å². The van der Waals surface area contributed by atoms with Crippen LogP contribution in [0.25, 0.3) is 0 Å². The van der Waals surface area contributed by atoms with Crippen molar-refractivity contribution >= 4 is 15.8 Å². The molecule has 1 aliphatic rings. The van der Waals surface area contributed by atoms with Crippen molar-refractivity contribution in [1.29, 1.82) is 0 Å². The van der Waals surface area contributed by atoms with Gasteiger partial charge in [0.1, 0.15) is 6.17 Å². The highest BCUT2D eigenvalue weighted by Crippen LogP contribution is 2.41. The molecule has 0 aliphatic heterocycles. The smallest absolute Gasteiger partial charge is 0.294 e. The second-order valence-corrected chi connectivity index (χ2v) is 9.71. The second-order valence-electron chi connectivity index (χ2n) is 7.44. The summed E-state index contributed by atoms with van der Waals surface area (Å²) in [6.45, 7) is 7.88. The van der Waals surface area contributed by atoms with Crippen LogP contribution in [0.15, 0.2) is 0 Å². The molecule has 0 saturated carbocycles. The molecule has 0 bridgehead atoms. The lowest BCUT2D eigenvalue weighted by Gasteiger charge is -2.30. The van der Waals surface area contributed by atoms with E-state index in [9.17, 15) is 26.4 Å². The van der Waals surface area contributed by atoms with Crippen LogP contribution in [-0.2, 0) is 22.6 Å². The Hall–Kier alpha value is -1.42. The third kappa shape index (κ3) is 3.89. The number of fused-ring (bicyclic) bond motifs is 1. The van der Waals surface area contributed by atoms with Crippen molar-refractivity contribution in [3.63, 3.8) is 0 Å². The van der Waals surface area contributed by atoms with E-state index in [4.69, 9.17) is 0 Å². The summed E-state index contributed by atoms with van der Waals surface area (Å²) in [5.41, 5.74) is -2.10. The Bertz CT molecular complexity index is 795. The van der Waals surface area contributed by atoms with Crippen LogP contribution in [0.4, 0.5) is 13.2 Å². The quantitative estimate of drug-likeness (QED) is 0.870. The Morgan fingerprint density at radius 2 is 1.76 bits per heavy atom. The maximum absolute atomic E-state index is 13.3. The number of hydrogen-bond donors (Lipinski definition) is 1. The SMILES string of the molecule is CC(NS(=O)(=O)C(C)C)n1nc(C(F)(F)F)c2c1CC(C)(C)CC2=O. The Labute approximate surface area is 144 Å². The Kier molecular flexibility index (Phi) is 4.84. The number of sulfonamides is 1. The van der Waals surface area contributed by atoms with Gasteiger partial charge >= 0.3 is 6.18 Å². The van der Waals surface area contributed by atoms with E-state index in [1.165, 1.54) is 20.8 Å². The standard InChI is InChI=1S/C15H22F3N3O3S/c1-8(2)25(23,24)20-9(3)21-10-6-14(4,5)7-11(22)12(10)13(19-21)15(16,17)18/h8-9,20H,6-7H2,1-5H3. The first kappa shape index (κ1) is 19.9. The van der Waals surface area contributed by atoms with Crippen LogP contribution in [0.3, 0.4) is 0 Å². The maximum Gasteiger partial charge on any atom is 0.435 e. The molecular weight excluding hydrogens is 359 g/mol. The van der Waals surface area contributed by atoms with Crippen molar-refractivity contribution in [1.82, 2.24) is 14.5 Å². The van der Waals surface area contributed by atoms with E-state index in [0.29, 0.717) is 0 Å². The van der Waals surface area contributed by atoms with Gasteiger partial charge in [0.2, 0.25) is 10.0 Å². The summed E-state index contributed by atoms with van der Waals surface area (Å²) < 4.78 is 67.3. The van der Waals surface area contributed by atoms with E-state index in [2.05, 4.69) is 9.82 Å². The summed E-state index contributed by atoms with van der Waals surface area (Å²) in [7, 11) is -3.72. The zero-order chi connectivity index (χ0) is 19.4. The van der Waals surface area contributed by atoms with Gasteiger partial charge in [-0.2, -0.15) is 23.0 Å². The van der Waals surface area contributed by atoms with Gasteiger partial charge in [-0.25, -0.2) is 8.42 Å².